The highest BCUT2D eigenvalue weighted by Crippen LogP contribution is 2.19. The van der Waals surface area contributed by atoms with Crippen molar-refractivity contribution in [2.24, 2.45) is 0 Å². The standard InChI is InChI=1S/C14H14IN3O3/c1-8-12(15)13(19)18(7-17-8)6-9-4-3-5-10(16)11(9)14(20)21-2/h3-5,7H,6,16H2,1-2H3. The van der Waals surface area contributed by atoms with Gasteiger partial charge in [0.25, 0.3) is 5.56 Å². The number of anilines is 1. The number of aromatic nitrogens is 2. The molecule has 2 aromatic rings. The summed E-state index contributed by atoms with van der Waals surface area (Å²) in [6, 6.07) is 5.09. The van der Waals surface area contributed by atoms with E-state index in [9.17, 15) is 9.59 Å². The van der Waals surface area contributed by atoms with Crippen LogP contribution in [-0.2, 0) is 11.3 Å². The third kappa shape index (κ3) is 3.07. The van der Waals surface area contributed by atoms with Crippen LogP contribution in [0.5, 0.6) is 0 Å². The predicted octanol–water partition coefficient (Wildman–Crippen LogP) is 1.57. The number of esters is 1. The van der Waals surface area contributed by atoms with Gasteiger partial charge in [-0.25, -0.2) is 9.78 Å². The summed E-state index contributed by atoms with van der Waals surface area (Å²) in [5.41, 5.74) is 7.58. The van der Waals surface area contributed by atoms with Crippen molar-refractivity contribution in [1.29, 1.82) is 0 Å². The predicted molar refractivity (Wildman–Crippen MR) is 87.2 cm³/mol. The molecular formula is C14H14IN3O3. The van der Waals surface area contributed by atoms with Gasteiger partial charge in [-0.05, 0) is 41.1 Å². The van der Waals surface area contributed by atoms with E-state index in [4.69, 9.17) is 10.5 Å². The van der Waals surface area contributed by atoms with E-state index in [1.54, 1.807) is 25.1 Å². The minimum absolute atomic E-state index is 0.152. The van der Waals surface area contributed by atoms with E-state index in [1.807, 2.05) is 22.6 Å². The first-order valence-electron chi connectivity index (χ1n) is 6.13. The van der Waals surface area contributed by atoms with Crippen molar-refractivity contribution in [3.05, 3.63) is 55.3 Å². The van der Waals surface area contributed by atoms with Crippen LogP contribution < -0.4 is 11.3 Å². The third-order valence-electron chi connectivity index (χ3n) is 3.07. The summed E-state index contributed by atoms with van der Waals surface area (Å²) in [5, 5.41) is 0. The second kappa shape index (κ2) is 6.25. The van der Waals surface area contributed by atoms with Crippen molar-refractivity contribution in [2.45, 2.75) is 13.5 Å². The molecule has 21 heavy (non-hydrogen) atoms. The highest BCUT2D eigenvalue weighted by molar-refractivity contribution is 14.1. The number of ether oxygens (including phenoxy) is 1. The fourth-order valence-electron chi connectivity index (χ4n) is 1.95. The molecule has 0 radical (unpaired) electrons. The van der Waals surface area contributed by atoms with Gasteiger partial charge in [-0.2, -0.15) is 0 Å². The maximum absolute atomic E-state index is 12.2. The quantitative estimate of drug-likeness (QED) is 0.481. The molecule has 2 rings (SSSR count). The molecule has 0 unspecified atom stereocenters. The van der Waals surface area contributed by atoms with E-state index in [2.05, 4.69) is 4.98 Å². The summed E-state index contributed by atoms with van der Waals surface area (Å²) in [5.74, 6) is -0.522. The Morgan fingerprint density at radius 3 is 2.86 bits per heavy atom. The number of nitrogens with zero attached hydrogens (tertiary/aromatic N) is 2. The van der Waals surface area contributed by atoms with Crippen LogP contribution in [-0.4, -0.2) is 22.6 Å². The molecule has 7 heteroatoms. The van der Waals surface area contributed by atoms with Crippen LogP contribution in [0.3, 0.4) is 0 Å². The van der Waals surface area contributed by atoms with Gasteiger partial charge in [0.05, 0.1) is 34.8 Å². The molecule has 1 aromatic heterocycles. The van der Waals surface area contributed by atoms with E-state index in [0.717, 1.165) is 0 Å². The zero-order valence-electron chi connectivity index (χ0n) is 11.6. The molecule has 0 fully saturated rings. The lowest BCUT2D eigenvalue weighted by Crippen LogP contribution is -2.25. The van der Waals surface area contributed by atoms with Gasteiger partial charge in [0.2, 0.25) is 0 Å². The second-order valence-corrected chi connectivity index (χ2v) is 5.53. The molecule has 0 bridgehead atoms. The van der Waals surface area contributed by atoms with Gasteiger partial charge in [-0.1, -0.05) is 12.1 Å². The van der Waals surface area contributed by atoms with Crippen LogP contribution in [0.1, 0.15) is 21.6 Å². The van der Waals surface area contributed by atoms with E-state index in [0.29, 0.717) is 20.5 Å². The Morgan fingerprint density at radius 2 is 2.19 bits per heavy atom. The molecule has 1 aromatic carbocycles. The van der Waals surface area contributed by atoms with Gasteiger partial charge in [-0.15, -0.1) is 0 Å². The Balaban J connectivity index is 2.51. The monoisotopic (exact) mass is 399 g/mol. The number of nitrogens with two attached hydrogens (primary N) is 1. The topological polar surface area (TPSA) is 87.2 Å². The largest absolute Gasteiger partial charge is 0.465 e. The molecule has 110 valence electrons. The number of carbonyl (C=O) groups excluding carboxylic acids is 1. The summed E-state index contributed by atoms with van der Waals surface area (Å²) in [6.07, 6.45) is 1.46. The number of halogens is 1. The summed E-state index contributed by atoms with van der Waals surface area (Å²) in [4.78, 5) is 28.2. The first-order chi connectivity index (χ1) is 9.95. The van der Waals surface area contributed by atoms with Crippen molar-refractivity contribution in [3.8, 4) is 0 Å². The lowest BCUT2D eigenvalue weighted by atomic mass is 10.1. The molecule has 0 saturated heterocycles. The van der Waals surface area contributed by atoms with Gasteiger partial charge >= 0.3 is 5.97 Å². The van der Waals surface area contributed by atoms with Crippen LogP contribution in [0.25, 0.3) is 0 Å². The highest BCUT2D eigenvalue weighted by atomic mass is 127. The molecule has 0 saturated carbocycles. The first-order valence-corrected chi connectivity index (χ1v) is 7.20. The molecule has 0 amide bonds. The lowest BCUT2D eigenvalue weighted by Gasteiger charge is -2.12. The second-order valence-electron chi connectivity index (χ2n) is 4.45. The van der Waals surface area contributed by atoms with Crippen molar-refractivity contribution in [3.63, 3.8) is 0 Å². The number of hydrogen-bond donors (Lipinski definition) is 1. The Morgan fingerprint density at radius 1 is 1.48 bits per heavy atom. The molecule has 0 aliphatic carbocycles. The average Bonchev–Trinajstić information content (AvgIpc) is 2.47. The Labute approximate surface area is 135 Å². The zero-order valence-corrected chi connectivity index (χ0v) is 13.7. The molecule has 0 spiro atoms. The summed E-state index contributed by atoms with van der Waals surface area (Å²) >= 11 is 1.96. The van der Waals surface area contributed by atoms with E-state index < -0.39 is 5.97 Å². The smallest absolute Gasteiger partial charge is 0.340 e. The SMILES string of the molecule is COC(=O)c1c(N)cccc1Cn1cnc(C)c(I)c1=O. The molecule has 0 atom stereocenters. The van der Waals surface area contributed by atoms with E-state index in [1.165, 1.54) is 18.0 Å². The molecule has 2 N–H and O–H groups in total. The van der Waals surface area contributed by atoms with E-state index >= 15 is 0 Å². The van der Waals surface area contributed by atoms with Gasteiger partial charge in [-0.3, -0.25) is 9.36 Å². The number of hydrogen-bond acceptors (Lipinski definition) is 5. The van der Waals surface area contributed by atoms with E-state index in [-0.39, 0.29) is 17.7 Å². The molecule has 6 nitrogen and oxygen atoms in total. The third-order valence-corrected chi connectivity index (χ3v) is 4.31. The van der Waals surface area contributed by atoms with Crippen molar-refractivity contribution in [2.75, 3.05) is 12.8 Å². The highest BCUT2D eigenvalue weighted by Gasteiger charge is 2.16. The van der Waals surface area contributed by atoms with Crippen LogP contribution in [0.2, 0.25) is 0 Å². The van der Waals surface area contributed by atoms with Crippen molar-refractivity contribution >= 4 is 34.2 Å². The average molecular weight is 399 g/mol. The molecule has 0 aliphatic heterocycles. The number of rotatable bonds is 3. The Kier molecular flexibility index (Phi) is 4.61. The molecule has 0 aliphatic rings. The van der Waals surface area contributed by atoms with Crippen LogP contribution in [0, 0.1) is 10.5 Å². The number of methoxy groups -OCH3 is 1. The fourth-order valence-corrected chi connectivity index (χ4v) is 2.39. The van der Waals surface area contributed by atoms with Crippen LogP contribution in [0.15, 0.2) is 29.3 Å². The number of nitrogen functional groups attached to an aromatic ring is 1. The normalized spacial score (nSPS) is 10.4. The zero-order chi connectivity index (χ0) is 15.6. The maximum atomic E-state index is 12.2. The van der Waals surface area contributed by atoms with Gasteiger partial charge in [0, 0.05) is 5.69 Å². The summed E-state index contributed by atoms with van der Waals surface area (Å²) < 4.78 is 6.74. The van der Waals surface area contributed by atoms with Crippen molar-refractivity contribution < 1.29 is 9.53 Å². The van der Waals surface area contributed by atoms with Crippen LogP contribution >= 0.6 is 22.6 Å². The van der Waals surface area contributed by atoms with Crippen molar-refractivity contribution in [1.82, 2.24) is 9.55 Å². The minimum atomic E-state index is -0.522. The Bertz CT molecular complexity index is 756. The van der Waals surface area contributed by atoms with Crippen LogP contribution in [0.4, 0.5) is 5.69 Å². The minimum Gasteiger partial charge on any atom is -0.465 e. The summed E-state index contributed by atoms with van der Waals surface area (Å²) in [7, 11) is 1.29. The number of carbonyl (C=O) groups is 1. The number of aryl methyl sites for hydroxylation is 1. The van der Waals surface area contributed by atoms with Gasteiger partial charge in [0.15, 0.2) is 0 Å². The number of benzene rings is 1. The first kappa shape index (κ1) is 15.5. The fraction of sp³-hybridized carbons (Fsp3) is 0.214. The lowest BCUT2D eigenvalue weighted by molar-refractivity contribution is 0.0600. The summed E-state index contributed by atoms with van der Waals surface area (Å²) in [6.45, 7) is 1.98. The molecular weight excluding hydrogens is 385 g/mol. The molecule has 1 heterocycles. The van der Waals surface area contributed by atoms with Gasteiger partial charge < -0.3 is 10.5 Å². The Hall–Kier alpha value is -1.90. The maximum Gasteiger partial charge on any atom is 0.340 e. The van der Waals surface area contributed by atoms with Gasteiger partial charge in [0.1, 0.15) is 0 Å².